The van der Waals surface area contributed by atoms with Gasteiger partial charge in [0, 0.05) is 27.9 Å². The molecule has 0 spiro atoms. The largest absolute Gasteiger partial charge is 0.310 e. The molecule has 0 atom stereocenters. The molecule has 3 aliphatic carbocycles. The van der Waals surface area contributed by atoms with Crippen LogP contribution in [0.3, 0.4) is 0 Å². The van der Waals surface area contributed by atoms with Crippen LogP contribution >= 0.6 is 0 Å². The van der Waals surface area contributed by atoms with Crippen molar-refractivity contribution in [1.29, 1.82) is 0 Å². The molecule has 0 fully saturated rings. The van der Waals surface area contributed by atoms with E-state index in [0.29, 0.717) is 0 Å². The zero-order valence-electron chi connectivity index (χ0n) is 31.1. The van der Waals surface area contributed by atoms with Gasteiger partial charge in [0.2, 0.25) is 0 Å². The summed E-state index contributed by atoms with van der Waals surface area (Å²) in [4.78, 5) is 2.53. The fraction of sp³-hybridized carbons (Fsp3) is 0.362. The lowest BCUT2D eigenvalue weighted by atomic mass is 9.59. The molecule has 0 unspecified atom stereocenters. The van der Waals surface area contributed by atoms with Gasteiger partial charge in [-0.1, -0.05) is 135 Å². The fourth-order valence-electron chi connectivity index (χ4n) is 9.59. The van der Waals surface area contributed by atoms with Gasteiger partial charge >= 0.3 is 0 Å². The molecule has 0 N–H and O–H groups in total. The average Bonchev–Trinajstić information content (AvgIpc) is 3.43. The summed E-state index contributed by atoms with van der Waals surface area (Å²) in [5.41, 5.74) is 20.4. The van der Waals surface area contributed by atoms with E-state index in [0.717, 1.165) is 0 Å². The van der Waals surface area contributed by atoms with Gasteiger partial charge in [0.25, 0.3) is 0 Å². The standard InChI is InChI=1S/C47H51N/c1-28-13-18-33-35-20-15-30(25-40(35)43(3,4)38(33)23-28)48(32-17-22-37-42(27-32)46(9,10)47(11,12)45(37,7)8)31-16-21-36-34-19-14-29(2)24-39(34)44(5,6)41(36)26-31/h13-27H,1-12H3. The van der Waals surface area contributed by atoms with Crippen molar-refractivity contribution in [2.24, 2.45) is 5.41 Å². The Bertz CT molecular complexity index is 2070. The van der Waals surface area contributed by atoms with E-state index in [1.165, 1.54) is 83.8 Å². The number of nitrogens with zero attached hydrogens (tertiary/aromatic N) is 1. The summed E-state index contributed by atoms with van der Waals surface area (Å²) >= 11 is 0. The van der Waals surface area contributed by atoms with Gasteiger partial charge in [-0.05, 0) is 122 Å². The minimum atomic E-state index is -0.0776. The van der Waals surface area contributed by atoms with E-state index in [2.05, 4.69) is 179 Å². The van der Waals surface area contributed by atoms with Crippen LogP contribution in [0.25, 0.3) is 22.3 Å². The van der Waals surface area contributed by atoms with Crippen LogP contribution in [0, 0.1) is 19.3 Å². The Kier molecular flexibility index (Phi) is 6.19. The molecule has 5 aromatic rings. The summed E-state index contributed by atoms with van der Waals surface area (Å²) in [6.07, 6.45) is 0. The summed E-state index contributed by atoms with van der Waals surface area (Å²) in [5.74, 6) is 0. The summed E-state index contributed by atoms with van der Waals surface area (Å²) < 4.78 is 0. The molecule has 0 aliphatic heterocycles. The van der Waals surface area contributed by atoms with Crippen molar-refractivity contribution in [1.82, 2.24) is 0 Å². The molecule has 1 nitrogen and oxygen atoms in total. The first kappa shape index (κ1) is 31.2. The Morgan fingerprint density at radius 2 is 0.688 bits per heavy atom. The number of hydrogen-bond donors (Lipinski definition) is 0. The van der Waals surface area contributed by atoms with Crippen LogP contribution in [-0.4, -0.2) is 0 Å². The van der Waals surface area contributed by atoms with E-state index < -0.39 is 0 Å². The summed E-state index contributed by atoms with van der Waals surface area (Å²) in [7, 11) is 0. The Labute approximate surface area is 289 Å². The van der Waals surface area contributed by atoms with Gasteiger partial charge in [0.15, 0.2) is 0 Å². The Balaban J connectivity index is 1.35. The second kappa shape index (κ2) is 9.53. The lowest BCUT2D eigenvalue weighted by Crippen LogP contribution is -2.42. The molecule has 0 bridgehead atoms. The number of hydrogen-bond acceptors (Lipinski definition) is 1. The van der Waals surface area contributed by atoms with Crippen LogP contribution in [0.2, 0.25) is 0 Å². The third-order valence-corrected chi connectivity index (χ3v) is 13.9. The Morgan fingerprint density at radius 3 is 1.12 bits per heavy atom. The quantitative estimate of drug-likeness (QED) is 0.192. The zero-order chi connectivity index (χ0) is 34.3. The van der Waals surface area contributed by atoms with Crippen molar-refractivity contribution in [3.8, 4) is 22.3 Å². The predicted molar refractivity (Wildman–Crippen MR) is 206 cm³/mol. The highest BCUT2D eigenvalue weighted by molar-refractivity contribution is 5.88. The summed E-state index contributed by atoms with van der Waals surface area (Å²) in [6, 6.07) is 35.7. The SMILES string of the molecule is Cc1ccc2c(c1)C(C)(C)c1cc(N(c3ccc4c(c3)C(C)(C)c3cc(C)ccc3-4)c3ccc4c(c3)C(C)(C)C(C)(C)C4(C)C)ccc1-2. The van der Waals surface area contributed by atoms with Crippen LogP contribution in [0.5, 0.6) is 0 Å². The van der Waals surface area contributed by atoms with Crippen molar-refractivity contribution in [3.05, 3.63) is 136 Å². The van der Waals surface area contributed by atoms with Gasteiger partial charge in [0.1, 0.15) is 0 Å². The molecule has 0 radical (unpaired) electrons. The van der Waals surface area contributed by atoms with Crippen LogP contribution in [0.4, 0.5) is 17.1 Å². The van der Waals surface area contributed by atoms with Gasteiger partial charge in [-0.3, -0.25) is 0 Å². The van der Waals surface area contributed by atoms with Crippen molar-refractivity contribution in [2.45, 2.75) is 105 Å². The third-order valence-electron chi connectivity index (χ3n) is 13.9. The smallest absolute Gasteiger partial charge is 0.0465 e. The van der Waals surface area contributed by atoms with E-state index in [1.807, 2.05) is 0 Å². The van der Waals surface area contributed by atoms with E-state index in [9.17, 15) is 0 Å². The van der Waals surface area contributed by atoms with Crippen LogP contribution < -0.4 is 4.90 Å². The Morgan fingerprint density at radius 1 is 0.354 bits per heavy atom. The normalized spacial score (nSPS) is 19.2. The molecular formula is C47H51N. The van der Waals surface area contributed by atoms with Crippen molar-refractivity contribution >= 4 is 17.1 Å². The minimum Gasteiger partial charge on any atom is -0.310 e. The molecule has 0 saturated carbocycles. The van der Waals surface area contributed by atoms with Crippen LogP contribution in [0.15, 0.2) is 91.0 Å². The maximum atomic E-state index is 2.53. The van der Waals surface area contributed by atoms with Crippen molar-refractivity contribution in [3.63, 3.8) is 0 Å². The zero-order valence-corrected chi connectivity index (χ0v) is 31.1. The summed E-state index contributed by atoms with van der Waals surface area (Å²) in [5, 5.41) is 0. The first-order valence-electron chi connectivity index (χ1n) is 17.9. The van der Waals surface area contributed by atoms with Gasteiger partial charge in [-0.15, -0.1) is 0 Å². The topological polar surface area (TPSA) is 3.24 Å². The van der Waals surface area contributed by atoms with E-state index in [4.69, 9.17) is 0 Å². The lowest BCUT2D eigenvalue weighted by Gasteiger charge is -2.44. The first-order valence-corrected chi connectivity index (χ1v) is 17.9. The van der Waals surface area contributed by atoms with Crippen LogP contribution in [0.1, 0.15) is 114 Å². The molecule has 8 rings (SSSR count). The third kappa shape index (κ3) is 3.85. The lowest BCUT2D eigenvalue weighted by molar-refractivity contribution is 0.125. The molecule has 5 aromatic carbocycles. The number of benzene rings is 5. The van der Waals surface area contributed by atoms with Crippen molar-refractivity contribution < 1.29 is 0 Å². The highest BCUT2D eigenvalue weighted by atomic mass is 15.1. The molecule has 244 valence electrons. The highest BCUT2D eigenvalue weighted by Crippen LogP contribution is 2.62. The predicted octanol–water partition coefficient (Wildman–Crippen LogP) is 13.0. The van der Waals surface area contributed by atoms with E-state index in [1.54, 1.807) is 0 Å². The van der Waals surface area contributed by atoms with Gasteiger partial charge in [-0.2, -0.15) is 0 Å². The second-order valence-corrected chi connectivity index (χ2v) is 17.7. The maximum absolute atomic E-state index is 2.53. The fourth-order valence-corrected chi connectivity index (χ4v) is 9.59. The second-order valence-electron chi connectivity index (χ2n) is 17.7. The number of aryl methyl sites for hydroxylation is 2. The number of fused-ring (bicyclic) bond motifs is 7. The molecule has 0 saturated heterocycles. The average molecular weight is 630 g/mol. The molecule has 0 heterocycles. The molecule has 48 heavy (non-hydrogen) atoms. The first-order chi connectivity index (χ1) is 22.4. The number of rotatable bonds is 3. The maximum Gasteiger partial charge on any atom is 0.0465 e. The van der Waals surface area contributed by atoms with Gasteiger partial charge in [0.05, 0.1) is 0 Å². The van der Waals surface area contributed by atoms with E-state index >= 15 is 0 Å². The highest BCUT2D eigenvalue weighted by Gasteiger charge is 2.56. The van der Waals surface area contributed by atoms with Gasteiger partial charge < -0.3 is 4.90 Å². The number of anilines is 3. The molecule has 3 aliphatic rings. The van der Waals surface area contributed by atoms with E-state index in [-0.39, 0.29) is 27.1 Å². The molecule has 0 amide bonds. The van der Waals surface area contributed by atoms with Crippen LogP contribution in [-0.2, 0) is 21.7 Å². The molecule has 1 heteroatoms. The van der Waals surface area contributed by atoms with Crippen molar-refractivity contribution in [2.75, 3.05) is 4.90 Å². The Hall–Kier alpha value is -4.10. The monoisotopic (exact) mass is 629 g/mol. The summed E-state index contributed by atoms with van der Waals surface area (Å²) in [6.45, 7) is 28.7. The van der Waals surface area contributed by atoms with Gasteiger partial charge in [-0.25, -0.2) is 0 Å². The molecule has 0 aromatic heterocycles. The molecular weight excluding hydrogens is 579 g/mol. The minimum absolute atomic E-state index is 0.0202.